The number of ether oxygens (including phenoxy) is 6. The monoisotopic (exact) mass is 583 g/mol. The van der Waals surface area contributed by atoms with Crippen LogP contribution >= 0.6 is 0 Å². The molecule has 0 N–H and O–H groups in total. The van der Waals surface area contributed by atoms with Crippen LogP contribution in [0.1, 0.15) is 33.5 Å². The van der Waals surface area contributed by atoms with Crippen LogP contribution in [-0.4, -0.2) is 66.2 Å². The van der Waals surface area contributed by atoms with E-state index < -0.39 is 61.2 Å². The van der Waals surface area contributed by atoms with Crippen LogP contribution in [0, 0.1) is 6.92 Å². The van der Waals surface area contributed by atoms with Crippen molar-refractivity contribution in [2.24, 2.45) is 0 Å². The van der Waals surface area contributed by atoms with Crippen molar-refractivity contribution in [3.63, 3.8) is 0 Å². The number of aryl methyl sites for hydroxylation is 1. The Labute approximate surface area is 239 Å². The lowest BCUT2D eigenvalue weighted by Crippen LogP contribution is -2.63. The number of hydrogen-bond acceptors (Lipinski definition) is 13. The Morgan fingerprint density at radius 3 is 2.14 bits per heavy atom. The average Bonchev–Trinajstić information content (AvgIpc) is 2.90. The van der Waals surface area contributed by atoms with Gasteiger partial charge in [0.15, 0.2) is 12.2 Å². The Bertz CT molecular complexity index is 1550. The topological polar surface area (TPSA) is 167 Å². The minimum atomic E-state index is -1.44. The SMILES string of the molecule is CC(=O)OC[C@@H]1O[C@H](Oc2ccc3c(=O)c(-c4ccccn4)c(C)oc3c2)[C@H](OC(C)=O)[C@H](OC(C)=O)[C@@H]1OC(C)=O. The summed E-state index contributed by atoms with van der Waals surface area (Å²) in [7, 11) is 0. The zero-order valence-electron chi connectivity index (χ0n) is 23.5. The molecule has 1 aromatic carbocycles. The molecule has 0 aliphatic carbocycles. The van der Waals surface area contributed by atoms with E-state index in [2.05, 4.69) is 4.98 Å². The van der Waals surface area contributed by atoms with Crippen LogP contribution in [-0.2, 0) is 42.9 Å². The third kappa shape index (κ3) is 6.92. The number of carbonyl (C=O) groups excluding carboxylic acids is 4. The van der Waals surface area contributed by atoms with E-state index >= 15 is 0 Å². The van der Waals surface area contributed by atoms with Crippen molar-refractivity contribution >= 4 is 34.8 Å². The number of benzene rings is 1. The number of hydrogen-bond donors (Lipinski definition) is 0. The molecule has 0 bridgehead atoms. The fraction of sp³-hybridized carbons (Fsp3) is 0.379. The molecule has 4 rings (SSSR count). The third-order valence-corrected chi connectivity index (χ3v) is 6.16. The minimum absolute atomic E-state index is 0.136. The third-order valence-electron chi connectivity index (χ3n) is 6.16. The Balaban J connectivity index is 1.73. The lowest BCUT2D eigenvalue weighted by Gasteiger charge is -2.43. The maximum Gasteiger partial charge on any atom is 0.303 e. The summed E-state index contributed by atoms with van der Waals surface area (Å²) < 4.78 is 39.2. The molecule has 13 nitrogen and oxygen atoms in total. The number of fused-ring (bicyclic) bond motifs is 1. The lowest BCUT2D eigenvalue weighted by atomic mass is 9.98. The Morgan fingerprint density at radius 1 is 0.857 bits per heavy atom. The molecule has 0 amide bonds. The molecule has 222 valence electrons. The second-order valence-electron chi connectivity index (χ2n) is 9.42. The van der Waals surface area contributed by atoms with Crippen LogP contribution < -0.4 is 10.2 Å². The van der Waals surface area contributed by atoms with Gasteiger partial charge in [-0.25, -0.2) is 0 Å². The maximum atomic E-state index is 13.3. The summed E-state index contributed by atoms with van der Waals surface area (Å²) >= 11 is 0. The Kier molecular flexibility index (Phi) is 9.21. The normalized spacial score (nSPS) is 21.7. The molecule has 3 aromatic rings. The summed E-state index contributed by atoms with van der Waals surface area (Å²) in [4.78, 5) is 65.1. The van der Waals surface area contributed by atoms with Crippen LogP contribution in [0.3, 0.4) is 0 Å². The molecule has 42 heavy (non-hydrogen) atoms. The summed E-state index contributed by atoms with van der Waals surface area (Å²) in [6.07, 6.45) is -5.18. The first-order valence-electron chi connectivity index (χ1n) is 12.9. The Morgan fingerprint density at radius 2 is 1.52 bits per heavy atom. The molecule has 5 atom stereocenters. The lowest BCUT2D eigenvalue weighted by molar-refractivity contribution is -0.288. The fourth-order valence-electron chi connectivity index (χ4n) is 4.58. The molecule has 1 aliphatic rings. The van der Waals surface area contributed by atoms with Gasteiger partial charge in [-0.1, -0.05) is 6.07 Å². The highest BCUT2D eigenvalue weighted by Crippen LogP contribution is 2.32. The molecule has 13 heteroatoms. The van der Waals surface area contributed by atoms with Gasteiger partial charge in [-0.05, 0) is 31.2 Å². The zero-order valence-corrected chi connectivity index (χ0v) is 23.5. The van der Waals surface area contributed by atoms with Crippen molar-refractivity contribution in [2.45, 2.75) is 65.3 Å². The first-order valence-corrected chi connectivity index (χ1v) is 12.9. The van der Waals surface area contributed by atoms with Crippen LogP contribution in [0.2, 0.25) is 0 Å². The van der Waals surface area contributed by atoms with Crippen LogP contribution in [0.4, 0.5) is 0 Å². The van der Waals surface area contributed by atoms with E-state index in [1.54, 1.807) is 31.3 Å². The molecule has 1 fully saturated rings. The zero-order chi connectivity index (χ0) is 30.6. The highest BCUT2D eigenvalue weighted by Gasteiger charge is 2.53. The van der Waals surface area contributed by atoms with Gasteiger partial charge < -0.3 is 32.8 Å². The van der Waals surface area contributed by atoms with Crippen molar-refractivity contribution in [1.29, 1.82) is 0 Å². The molecule has 0 unspecified atom stereocenters. The van der Waals surface area contributed by atoms with E-state index in [0.29, 0.717) is 17.0 Å². The van der Waals surface area contributed by atoms with Crippen molar-refractivity contribution in [3.05, 3.63) is 58.6 Å². The number of aromatic nitrogens is 1. The summed E-state index contributed by atoms with van der Waals surface area (Å²) in [5.41, 5.74) is 0.673. The number of esters is 4. The quantitative estimate of drug-likeness (QED) is 0.281. The van der Waals surface area contributed by atoms with Crippen LogP contribution in [0.15, 0.2) is 51.8 Å². The highest BCUT2D eigenvalue weighted by atomic mass is 16.7. The number of pyridine rings is 1. The van der Waals surface area contributed by atoms with E-state index in [0.717, 1.165) is 20.8 Å². The molecule has 0 spiro atoms. The largest absolute Gasteiger partial charge is 0.463 e. The minimum Gasteiger partial charge on any atom is -0.463 e. The number of nitrogens with zero attached hydrogens (tertiary/aromatic N) is 1. The van der Waals surface area contributed by atoms with Gasteiger partial charge in [0, 0.05) is 40.0 Å². The second-order valence-corrected chi connectivity index (χ2v) is 9.42. The summed E-state index contributed by atoms with van der Waals surface area (Å²) in [5, 5.41) is 0.259. The van der Waals surface area contributed by atoms with Crippen molar-refractivity contribution in [2.75, 3.05) is 6.61 Å². The van der Waals surface area contributed by atoms with E-state index in [-0.39, 0.29) is 22.1 Å². The van der Waals surface area contributed by atoms with Crippen LogP contribution in [0.5, 0.6) is 5.75 Å². The summed E-state index contributed by atoms with van der Waals surface area (Å²) in [6.45, 7) is 5.78. The van der Waals surface area contributed by atoms with Gasteiger partial charge in [0.1, 0.15) is 29.8 Å². The number of carbonyl (C=O) groups is 4. The van der Waals surface area contributed by atoms with Gasteiger partial charge in [-0.2, -0.15) is 0 Å². The first-order chi connectivity index (χ1) is 19.9. The summed E-state index contributed by atoms with van der Waals surface area (Å²) in [6, 6.07) is 9.61. The van der Waals surface area contributed by atoms with Gasteiger partial charge >= 0.3 is 23.9 Å². The molecule has 1 saturated heterocycles. The molecule has 0 radical (unpaired) electrons. The molecular weight excluding hydrogens is 554 g/mol. The first kappa shape index (κ1) is 30.2. The second kappa shape index (κ2) is 12.8. The Hall–Kier alpha value is -4.78. The van der Waals surface area contributed by atoms with Gasteiger partial charge in [0.25, 0.3) is 0 Å². The van der Waals surface area contributed by atoms with Crippen LogP contribution in [0.25, 0.3) is 22.2 Å². The highest BCUT2D eigenvalue weighted by molar-refractivity contribution is 5.83. The van der Waals surface area contributed by atoms with Gasteiger partial charge in [-0.3, -0.25) is 29.0 Å². The van der Waals surface area contributed by atoms with Gasteiger partial charge in [0.05, 0.1) is 16.6 Å². The predicted octanol–water partition coefficient (Wildman–Crippen LogP) is 2.63. The molecule has 0 saturated carbocycles. The predicted molar refractivity (Wildman–Crippen MR) is 143 cm³/mol. The van der Waals surface area contributed by atoms with Gasteiger partial charge in [-0.15, -0.1) is 0 Å². The smallest absolute Gasteiger partial charge is 0.303 e. The van der Waals surface area contributed by atoms with Crippen molar-refractivity contribution < 1.29 is 52.0 Å². The molecule has 3 heterocycles. The molecule has 2 aromatic heterocycles. The van der Waals surface area contributed by atoms with E-state index in [1.807, 2.05) is 0 Å². The number of rotatable bonds is 8. The van der Waals surface area contributed by atoms with E-state index in [1.165, 1.54) is 25.1 Å². The van der Waals surface area contributed by atoms with Crippen molar-refractivity contribution in [3.8, 4) is 17.0 Å². The van der Waals surface area contributed by atoms with E-state index in [4.69, 9.17) is 32.8 Å². The fourth-order valence-corrected chi connectivity index (χ4v) is 4.58. The summed E-state index contributed by atoms with van der Waals surface area (Å²) in [5.74, 6) is -2.47. The molecular formula is C29H29NO12. The van der Waals surface area contributed by atoms with E-state index in [9.17, 15) is 24.0 Å². The average molecular weight is 584 g/mol. The standard InChI is InChI=1S/C29H29NO12/c1-14-24(21-8-6-7-11-30-21)25(35)20-10-9-19(12-22(20)37-14)41-29-28(40-18(5)34)27(39-17(4)33)26(38-16(3)32)23(42-29)13-36-15(2)31/h6-12,23,26-29H,13H2,1-5H3/t23-,26+,27+,28+,29-/m0/s1. The maximum absolute atomic E-state index is 13.3. The van der Waals surface area contributed by atoms with Crippen molar-refractivity contribution in [1.82, 2.24) is 4.98 Å². The molecule has 1 aliphatic heterocycles. The van der Waals surface area contributed by atoms with Gasteiger partial charge in [0.2, 0.25) is 17.8 Å².